The van der Waals surface area contributed by atoms with Crippen molar-refractivity contribution < 1.29 is 22.8 Å². The van der Waals surface area contributed by atoms with Gasteiger partial charge in [0.2, 0.25) is 0 Å². The number of non-ortho nitro benzene ring substituents is 1. The minimum Gasteiger partial charge on any atom is -0.494 e. The average molecular weight is 263 g/mol. The minimum atomic E-state index is -4.13. The van der Waals surface area contributed by atoms with E-state index in [4.69, 9.17) is 4.74 Å². The van der Waals surface area contributed by atoms with Crippen LogP contribution < -0.4 is 4.74 Å². The Morgan fingerprint density at radius 3 is 2.28 bits per heavy atom. The van der Waals surface area contributed by atoms with E-state index < -0.39 is 17.5 Å². The van der Waals surface area contributed by atoms with E-state index in [-0.39, 0.29) is 25.1 Å². The highest BCUT2D eigenvalue weighted by molar-refractivity contribution is 5.35. The summed E-state index contributed by atoms with van der Waals surface area (Å²) in [4.78, 5) is 9.83. The monoisotopic (exact) mass is 263 g/mol. The van der Waals surface area contributed by atoms with Crippen LogP contribution in [-0.2, 0) is 0 Å². The van der Waals surface area contributed by atoms with Crippen molar-refractivity contribution in [1.29, 1.82) is 0 Å². The molecule has 0 N–H and O–H groups in total. The summed E-state index contributed by atoms with van der Waals surface area (Å²) in [5.41, 5.74) is -0.0561. The van der Waals surface area contributed by atoms with Crippen molar-refractivity contribution in [3.8, 4) is 5.75 Å². The van der Waals surface area contributed by atoms with E-state index in [2.05, 4.69) is 0 Å². The van der Waals surface area contributed by atoms with Gasteiger partial charge in [0.05, 0.1) is 11.5 Å². The predicted octanol–water partition coefficient (Wildman–Crippen LogP) is 3.71. The maximum absolute atomic E-state index is 11.8. The number of alkyl halides is 3. The first-order valence-electron chi connectivity index (χ1n) is 5.32. The summed E-state index contributed by atoms with van der Waals surface area (Å²) in [5.74, 6) is 0.410. The molecule has 0 aliphatic carbocycles. The number of nitro groups is 1. The Morgan fingerprint density at radius 1 is 1.17 bits per heavy atom. The predicted molar refractivity (Wildman–Crippen MR) is 58.5 cm³/mol. The second-order valence-corrected chi connectivity index (χ2v) is 3.67. The topological polar surface area (TPSA) is 52.4 Å². The quantitative estimate of drug-likeness (QED) is 0.446. The Kier molecular flexibility index (Phi) is 4.94. The van der Waals surface area contributed by atoms with Gasteiger partial charge < -0.3 is 4.74 Å². The Labute approximate surface area is 102 Å². The molecule has 0 amide bonds. The molecule has 0 heterocycles. The molecule has 1 aromatic rings. The molecule has 0 bridgehead atoms. The van der Waals surface area contributed by atoms with Crippen molar-refractivity contribution in [3.05, 3.63) is 34.4 Å². The van der Waals surface area contributed by atoms with E-state index in [0.29, 0.717) is 5.75 Å². The molecule has 0 unspecified atom stereocenters. The fourth-order valence-electron chi connectivity index (χ4n) is 1.28. The highest BCUT2D eigenvalue weighted by Crippen LogP contribution is 2.22. The lowest BCUT2D eigenvalue weighted by Crippen LogP contribution is -2.07. The fraction of sp³-hybridized carbons (Fsp3) is 0.455. The van der Waals surface area contributed by atoms with E-state index in [1.165, 1.54) is 24.3 Å². The van der Waals surface area contributed by atoms with Crippen molar-refractivity contribution in [2.45, 2.75) is 25.4 Å². The van der Waals surface area contributed by atoms with E-state index in [9.17, 15) is 23.3 Å². The van der Waals surface area contributed by atoms with E-state index in [1.807, 2.05) is 0 Å². The Hall–Kier alpha value is -1.79. The van der Waals surface area contributed by atoms with Gasteiger partial charge in [-0.25, -0.2) is 0 Å². The third-order valence-corrected chi connectivity index (χ3v) is 2.17. The van der Waals surface area contributed by atoms with Gasteiger partial charge in [-0.3, -0.25) is 10.1 Å². The largest absolute Gasteiger partial charge is 0.494 e. The van der Waals surface area contributed by atoms with Gasteiger partial charge in [0.15, 0.2) is 0 Å². The van der Waals surface area contributed by atoms with Gasteiger partial charge in [-0.15, -0.1) is 0 Å². The average Bonchev–Trinajstić information content (AvgIpc) is 2.27. The van der Waals surface area contributed by atoms with Gasteiger partial charge in [-0.1, -0.05) is 0 Å². The van der Waals surface area contributed by atoms with Crippen LogP contribution in [-0.4, -0.2) is 17.7 Å². The molecular formula is C11H12F3NO3. The second-order valence-electron chi connectivity index (χ2n) is 3.67. The molecule has 1 rings (SSSR count). The van der Waals surface area contributed by atoms with Crippen LogP contribution in [0.4, 0.5) is 18.9 Å². The number of ether oxygens (including phenoxy) is 1. The molecule has 0 aliphatic rings. The molecule has 100 valence electrons. The van der Waals surface area contributed by atoms with Crippen molar-refractivity contribution in [2.75, 3.05) is 6.61 Å². The number of benzene rings is 1. The lowest BCUT2D eigenvalue weighted by Gasteiger charge is -2.07. The summed E-state index contributed by atoms with van der Waals surface area (Å²) in [6, 6.07) is 5.40. The van der Waals surface area contributed by atoms with Gasteiger partial charge in [-0.05, 0) is 25.0 Å². The van der Waals surface area contributed by atoms with Crippen molar-refractivity contribution in [3.63, 3.8) is 0 Å². The maximum atomic E-state index is 11.8. The molecule has 0 aromatic heterocycles. The normalized spacial score (nSPS) is 11.3. The van der Waals surface area contributed by atoms with E-state index in [0.717, 1.165) is 0 Å². The number of nitro benzene ring substituents is 1. The van der Waals surface area contributed by atoms with Crippen LogP contribution in [0.1, 0.15) is 19.3 Å². The van der Waals surface area contributed by atoms with Crippen LogP contribution >= 0.6 is 0 Å². The third kappa shape index (κ3) is 5.51. The Bertz CT molecular complexity index is 390. The summed E-state index contributed by atoms with van der Waals surface area (Å²) in [6.07, 6.45) is -4.66. The van der Waals surface area contributed by atoms with Gasteiger partial charge in [-0.2, -0.15) is 13.2 Å². The molecule has 0 fully saturated rings. The number of rotatable bonds is 6. The van der Waals surface area contributed by atoms with Crippen LogP contribution in [0.3, 0.4) is 0 Å². The molecule has 18 heavy (non-hydrogen) atoms. The zero-order chi connectivity index (χ0) is 13.6. The molecule has 0 atom stereocenters. The summed E-state index contributed by atoms with van der Waals surface area (Å²) in [6.45, 7) is 0.161. The summed E-state index contributed by atoms with van der Waals surface area (Å²) >= 11 is 0. The summed E-state index contributed by atoms with van der Waals surface area (Å²) in [7, 11) is 0. The second kappa shape index (κ2) is 6.23. The number of nitrogens with zero attached hydrogens (tertiary/aromatic N) is 1. The zero-order valence-electron chi connectivity index (χ0n) is 9.44. The smallest absolute Gasteiger partial charge is 0.389 e. The third-order valence-electron chi connectivity index (χ3n) is 2.17. The van der Waals surface area contributed by atoms with Crippen LogP contribution in [0.2, 0.25) is 0 Å². The van der Waals surface area contributed by atoms with Gasteiger partial charge in [0, 0.05) is 18.6 Å². The molecule has 0 radical (unpaired) electrons. The van der Waals surface area contributed by atoms with Crippen LogP contribution in [0.15, 0.2) is 24.3 Å². The Morgan fingerprint density at radius 2 is 1.78 bits per heavy atom. The summed E-state index contributed by atoms with van der Waals surface area (Å²) in [5, 5.41) is 10.4. The molecule has 0 spiro atoms. The van der Waals surface area contributed by atoms with Crippen molar-refractivity contribution in [2.24, 2.45) is 0 Å². The Balaban J connectivity index is 2.25. The SMILES string of the molecule is O=[N+]([O-])c1ccc(OCCCCC(F)(F)F)cc1. The number of hydrogen-bond donors (Lipinski definition) is 0. The molecule has 0 aliphatic heterocycles. The first-order valence-corrected chi connectivity index (χ1v) is 5.32. The number of halogens is 3. The lowest BCUT2D eigenvalue weighted by atomic mass is 10.2. The maximum Gasteiger partial charge on any atom is 0.389 e. The van der Waals surface area contributed by atoms with Crippen molar-refractivity contribution >= 4 is 5.69 Å². The standard InChI is InChI=1S/C11H12F3NO3/c12-11(13,14)7-1-2-8-18-10-5-3-9(4-6-10)15(16)17/h3-6H,1-2,7-8H2. The first-order chi connectivity index (χ1) is 8.38. The van der Waals surface area contributed by atoms with Crippen LogP contribution in [0, 0.1) is 10.1 Å². The highest BCUT2D eigenvalue weighted by Gasteiger charge is 2.25. The van der Waals surface area contributed by atoms with E-state index in [1.54, 1.807) is 0 Å². The molecule has 0 saturated carbocycles. The highest BCUT2D eigenvalue weighted by atomic mass is 19.4. The molecular weight excluding hydrogens is 251 g/mol. The van der Waals surface area contributed by atoms with Crippen LogP contribution in [0.25, 0.3) is 0 Å². The molecule has 4 nitrogen and oxygen atoms in total. The van der Waals surface area contributed by atoms with E-state index >= 15 is 0 Å². The van der Waals surface area contributed by atoms with Gasteiger partial charge in [0.25, 0.3) is 5.69 Å². The number of hydrogen-bond acceptors (Lipinski definition) is 3. The number of unbranched alkanes of at least 4 members (excludes halogenated alkanes) is 1. The zero-order valence-corrected chi connectivity index (χ0v) is 9.44. The molecule has 7 heteroatoms. The summed E-state index contributed by atoms with van der Waals surface area (Å²) < 4.78 is 40.6. The van der Waals surface area contributed by atoms with Gasteiger partial charge >= 0.3 is 6.18 Å². The minimum absolute atomic E-state index is 0.0104. The van der Waals surface area contributed by atoms with Crippen molar-refractivity contribution in [1.82, 2.24) is 0 Å². The molecule has 0 saturated heterocycles. The fourth-order valence-corrected chi connectivity index (χ4v) is 1.28. The van der Waals surface area contributed by atoms with Gasteiger partial charge in [0.1, 0.15) is 5.75 Å². The van der Waals surface area contributed by atoms with Crippen LogP contribution in [0.5, 0.6) is 5.75 Å². The first kappa shape index (κ1) is 14.3. The lowest BCUT2D eigenvalue weighted by molar-refractivity contribution is -0.384. The molecule has 1 aromatic carbocycles.